The molecule has 124 valence electrons. The fraction of sp³-hybridized carbons (Fsp3) is 0.462. The van der Waals surface area contributed by atoms with Crippen molar-refractivity contribution >= 4 is 57.1 Å². The number of anilines is 1. The molecule has 0 aliphatic rings. The highest BCUT2D eigenvalue weighted by molar-refractivity contribution is 9.10. The molecule has 1 rings (SSSR count). The van der Waals surface area contributed by atoms with Crippen LogP contribution in [0.25, 0.3) is 0 Å². The molecule has 0 bridgehead atoms. The van der Waals surface area contributed by atoms with Crippen molar-refractivity contribution in [3.63, 3.8) is 0 Å². The van der Waals surface area contributed by atoms with Crippen LogP contribution >= 0.6 is 46.3 Å². The van der Waals surface area contributed by atoms with Crippen molar-refractivity contribution in [2.75, 3.05) is 24.7 Å². The Kier molecular flexibility index (Phi) is 8.97. The van der Waals surface area contributed by atoms with Gasteiger partial charge in [0.2, 0.25) is 0 Å². The second-order valence-corrected chi connectivity index (χ2v) is 10.2. The molecule has 0 heterocycles. The van der Waals surface area contributed by atoms with Crippen LogP contribution in [0.15, 0.2) is 28.7 Å². The van der Waals surface area contributed by atoms with Gasteiger partial charge < -0.3 is 9.84 Å². The van der Waals surface area contributed by atoms with Gasteiger partial charge in [-0.25, -0.2) is 0 Å². The Balaban J connectivity index is 2.68. The van der Waals surface area contributed by atoms with Crippen LogP contribution in [0.5, 0.6) is 0 Å². The Morgan fingerprint density at radius 2 is 2.14 bits per heavy atom. The van der Waals surface area contributed by atoms with Crippen LogP contribution in [0.3, 0.4) is 0 Å². The molecule has 2 N–H and O–H groups in total. The van der Waals surface area contributed by atoms with E-state index in [9.17, 15) is 4.57 Å². The maximum absolute atomic E-state index is 12.8. The molecule has 0 aliphatic carbocycles. The summed E-state index contributed by atoms with van der Waals surface area (Å²) in [5.41, 5.74) is 3.75. The zero-order valence-electron chi connectivity index (χ0n) is 12.8. The zero-order chi connectivity index (χ0) is 16.6. The first kappa shape index (κ1) is 19.9. The van der Waals surface area contributed by atoms with E-state index < -0.39 is 6.72 Å². The van der Waals surface area contributed by atoms with E-state index in [1.165, 1.54) is 16.2 Å². The lowest BCUT2D eigenvalue weighted by Crippen LogP contribution is -2.39. The molecule has 1 aromatic carbocycles. The average molecular weight is 426 g/mol. The standard InChI is InChI=1S/C13H21BrN3O2PS2/c1-4-10-22-20(18,19-5-2)17(3)16-13(21)15-12-9-7-6-8-11(12)14/h6-9H,4-5,10H2,1-3H3,(H2,15,16,21). The third-order valence-corrected chi connectivity index (χ3v) is 8.30. The summed E-state index contributed by atoms with van der Waals surface area (Å²) in [6.45, 7) is 1.24. The second-order valence-electron chi connectivity index (χ2n) is 4.29. The van der Waals surface area contributed by atoms with Crippen molar-refractivity contribution in [2.24, 2.45) is 0 Å². The van der Waals surface area contributed by atoms with Gasteiger partial charge in [0.1, 0.15) is 0 Å². The molecule has 0 spiro atoms. The summed E-state index contributed by atoms with van der Waals surface area (Å²) in [5.74, 6) is 0.758. The monoisotopic (exact) mass is 425 g/mol. The number of para-hydroxylation sites is 1. The summed E-state index contributed by atoms with van der Waals surface area (Å²) in [6.07, 6.45) is 0.926. The number of rotatable bonds is 8. The van der Waals surface area contributed by atoms with Gasteiger partial charge in [-0.05, 0) is 53.6 Å². The average Bonchev–Trinajstić information content (AvgIpc) is 2.47. The topological polar surface area (TPSA) is 53.6 Å². The molecule has 9 heteroatoms. The minimum absolute atomic E-state index is 0.353. The van der Waals surface area contributed by atoms with Crippen molar-refractivity contribution in [2.45, 2.75) is 20.3 Å². The van der Waals surface area contributed by atoms with Crippen LogP contribution in [0.2, 0.25) is 0 Å². The first-order chi connectivity index (χ1) is 10.4. The van der Waals surface area contributed by atoms with Crippen molar-refractivity contribution in [1.82, 2.24) is 10.2 Å². The number of thiocarbonyl (C=S) groups is 1. The van der Waals surface area contributed by atoms with Crippen molar-refractivity contribution in [3.8, 4) is 0 Å². The summed E-state index contributed by atoms with van der Waals surface area (Å²) in [7, 11) is 1.67. The number of hydrogen-bond donors (Lipinski definition) is 2. The number of nitrogens with zero attached hydrogens (tertiary/aromatic N) is 1. The van der Waals surface area contributed by atoms with Gasteiger partial charge in [0.15, 0.2) is 5.11 Å². The lowest BCUT2D eigenvalue weighted by molar-refractivity contribution is 0.291. The minimum atomic E-state index is -3.00. The van der Waals surface area contributed by atoms with Crippen LogP contribution in [0, 0.1) is 0 Å². The normalized spacial score (nSPS) is 13.7. The second kappa shape index (κ2) is 9.90. The van der Waals surface area contributed by atoms with E-state index in [1.807, 2.05) is 38.1 Å². The lowest BCUT2D eigenvalue weighted by atomic mass is 10.3. The van der Waals surface area contributed by atoms with Gasteiger partial charge in [-0.1, -0.05) is 30.4 Å². The van der Waals surface area contributed by atoms with Crippen LogP contribution in [-0.2, 0) is 9.09 Å². The Labute approximate surface area is 149 Å². The van der Waals surface area contributed by atoms with E-state index in [4.69, 9.17) is 16.7 Å². The summed E-state index contributed by atoms with van der Waals surface area (Å²) < 4.78 is 20.6. The molecule has 5 nitrogen and oxygen atoms in total. The third-order valence-electron chi connectivity index (χ3n) is 2.50. The SMILES string of the molecule is CCCSP(=O)(OCC)N(C)NC(=S)Nc1ccccc1Br. The van der Waals surface area contributed by atoms with E-state index in [1.54, 1.807) is 7.05 Å². The van der Waals surface area contributed by atoms with E-state index in [0.717, 1.165) is 22.3 Å². The Morgan fingerprint density at radius 3 is 2.73 bits per heavy atom. The van der Waals surface area contributed by atoms with E-state index in [2.05, 4.69) is 26.7 Å². The first-order valence-corrected chi connectivity index (χ1v) is 11.3. The minimum Gasteiger partial charge on any atom is -0.331 e. The summed E-state index contributed by atoms with van der Waals surface area (Å²) >= 11 is 10.0. The van der Waals surface area contributed by atoms with Crippen LogP contribution in [-0.4, -0.2) is 29.3 Å². The molecule has 1 atom stereocenters. The molecular weight excluding hydrogens is 405 g/mol. The van der Waals surface area contributed by atoms with Gasteiger partial charge in [-0.3, -0.25) is 9.99 Å². The number of benzene rings is 1. The first-order valence-electron chi connectivity index (χ1n) is 6.88. The maximum Gasteiger partial charge on any atom is 0.346 e. The molecule has 0 aliphatic heterocycles. The molecule has 0 aromatic heterocycles. The summed E-state index contributed by atoms with van der Waals surface area (Å²) in [6, 6.07) is 7.63. The third kappa shape index (κ3) is 6.18. The van der Waals surface area contributed by atoms with Crippen molar-refractivity contribution in [1.29, 1.82) is 0 Å². The Morgan fingerprint density at radius 1 is 1.45 bits per heavy atom. The smallest absolute Gasteiger partial charge is 0.331 e. The molecule has 0 fully saturated rings. The van der Waals surface area contributed by atoms with Crippen LogP contribution in [0.1, 0.15) is 20.3 Å². The van der Waals surface area contributed by atoms with Crippen LogP contribution in [0.4, 0.5) is 5.69 Å². The number of nitrogens with one attached hydrogen (secondary N) is 2. The predicted octanol–water partition coefficient (Wildman–Crippen LogP) is 4.87. The molecule has 0 amide bonds. The summed E-state index contributed by atoms with van der Waals surface area (Å²) in [4.78, 5) is 0. The van der Waals surface area contributed by atoms with Crippen molar-refractivity contribution < 1.29 is 9.09 Å². The van der Waals surface area contributed by atoms with E-state index in [0.29, 0.717) is 11.7 Å². The molecule has 0 saturated carbocycles. The van der Waals surface area contributed by atoms with E-state index in [-0.39, 0.29) is 0 Å². The number of halogens is 1. The lowest BCUT2D eigenvalue weighted by Gasteiger charge is -2.28. The Hall–Kier alpha value is -0.110. The van der Waals surface area contributed by atoms with Gasteiger partial charge in [-0.15, -0.1) is 4.78 Å². The molecule has 0 saturated heterocycles. The fourth-order valence-corrected chi connectivity index (χ4v) is 6.00. The maximum atomic E-state index is 12.8. The predicted molar refractivity (Wildman–Crippen MR) is 103 cm³/mol. The van der Waals surface area contributed by atoms with Crippen molar-refractivity contribution in [3.05, 3.63) is 28.7 Å². The summed E-state index contributed by atoms with van der Waals surface area (Å²) in [5, 5.41) is 3.41. The molecule has 22 heavy (non-hydrogen) atoms. The van der Waals surface area contributed by atoms with Gasteiger partial charge in [0.25, 0.3) is 0 Å². The molecule has 1 aromatic rings. The van der Waals surface area contributed by atoms with Gasteiger partial charge in [0, 0.05) is 17.3 Å². The largest absolute Gasteiger partial charge is 0.346 e. The highest BCUT2D eigenvalue weighted by Gasteiger charge is 2.30. The molecule has 0 radical (unpaired) electrons. The highest BCUT2D eigenvalue weighted by Crippen LogP contribution is 2.60. The number of hydrazine groups is 1. The molecular formula is C13H21BrN3O2PS2. The van der Waals surface area contributed by atoms with Gasteiger partial charge in [0.05, 0.1) is 12.3 Å². The molecule has 1 unspecified atom stereocenters. The fourth-order valence-electron chi connectivity index (χ4n) is 1.50. The van der Waals surface area contributed by atoms with E-state index >= 15 is 0 Å². The number of hydrogen-bond acceptors (Lipinski definition) is 4. The van der Waals surface area contributed by atoms with Crippen LogP contribution < -0.4 is 10.7 Å². The quantitative estimate of drug-likeness (QED) is 0.350. The zero-order valence-corrected chi connectivity index (χ0v) is 16.9. The van der Waals surface area contributed by atoms with Gasteiger partial charge in [-0.2, -0.15) is 0 Å². The highest BCUT2D eigenvalue weighted by atomic mass is 79.9. The van der Waals surface area contributed by atoms with Gasteiger partial charge >= 0.3 is 6.72 Å². The Bertz CT molecular complexity index is 548.